The van der Waals surface area contributed by atoms with Crippen LogP contribution >= 0.6 is 0 Å². The lowest BCUT2D eigenvalue weighted by molar-refractivity contribution is 0.0730. The zero-order valence-corrected chi connectivity index (χ0v) is 18.0. The zero-order valence-electron chi connectivity index (χ0n) is 17.2. The lowest BCUT2D eigenvalue weighted by Gasteiger charge is -2.26. The van der Waals surface area contributed by atoms with E-state index in [1.165, 1.54) is 10.4 Å². The largest absolute Gasteiger partial charge is 0.379 e. The fourth-order valence-corrected chi connectivity index (χ4v) is 4.96. The van der Waals surface area contributed by atoms with Crippen molar-refractivity contribution in [3.05, 3.63) is 77.9 Å². The molecule has 0 unspecified atom stereocenters. The van der Waals surface area contributed by atoms with Crippen molar-refractivity contribution in [2.24, 2.45) is 0 Å². The van der Waals surface area contributed by atoms with Gasteiger partial charge in [0, 0.05) is 37.6 Å². The van der Waals surface area contributed by atoms with Gasteiger partial charge >= 0.3 is 0 Å². The molecule has 1 amide bonds. The second-order valence-corrected chi connectivity index (χ2v) is 9.21. The lowest BCUT2D eigenvalue weighted by atomic mass is 10.1. The lowest BCUT2D eigenvalue weighted by Crippen LogP contribution is -2.40. The Balaban J connectivity index is 1.54. The summed E-state index contributed by atoms with van der Waals surface area (Å²) in [5, 5.41) is 2.92. The van der Waals surface area contributed by atoms with Crippen molar-refractivity contribution in [1.82, 2.24) is 19.2 Å². The summed E-state index contributed by atoms with van der Waals surface area (Å²) >= 11 is 0. The Morgan fingerprint density at radius 1 is 1.16 bits per heavy atom. The molecule has 31 heavy (non-hydrogen) atoms. The molecule has 0 atom stereocenters. The van der Waals surface area contributed by atoms with Gasteiger partial charge in [-0.1, -0.05) is 24.3 Å². The molecule has 8 nitrogen and oxygen atoms in total. The summed E-state index contributed by atoms with van der Waals surface area (Å²) in [7, 11) is -3.68. The number of hydrogen-bond donors (Lipinski definition) is 1. The van der Waals surface area contributed by atoms with Crippen molar-refractivity contribution < 1.29 is 17.9 Å². The fraction of sp³-hybridized carbons (Fsp3) is 0.273. The molecule has 9 heteroatoms. The summed E-state index contributed by atoms with van der Waals surface area (Å²) in [6.45, 7) is 3.45. The first-order valence-electron chi connectivity index (χ1n) is 10.00. The first-order chi connectivity index (χ1) is 15.0. The number of rotatable bonds is 6. The van der Waals surface area contributed by atoms with Crippen molar-refractivity contribution in [3.63, 3.8) is 0 Å². The van der Waals surface area contributed by atoms with Crippen molar-refractivity contribution in [3.8, 4) is 5.69 Å². The number of morpholine rings is 1. The molecule has 1 N–H and O–H groups in total. The number of carbonyl (C=O) groups is 1. The highest BCUT2D eigenvalue weighted by Crippen LogP contribution is 2.21. The van der Waals surface area contributed by atoms with E-state index in [9.17, 15) is 13.2 Å². The van der Waals surface area contributed by atoms with Crippen molar-refractivity contribution in [2.45, 2.75) is 18.4 Å². The Labute approximate surface area is 181 Å². The van der Waals surface area contributed by atoms with Crippen molar-refractivity contribution in [2.75, 3.05) is 26.3 Å². The first kappa shape index (κ1) is 21.2. The highest BCUT2D eigenvalue weighted by atomic mass is 32.2. The van der Waals surface area contributed by atoms with Gasteiger partial charge in [-0.25, -0.2) is 13.4 Å². The molecule has 0 aliphatic carbocycles. The number of hydrogen-bond acceptors (Lipinski definition) is 5. The molecule has 1 saturated heterocycles. The normalized spacial score (nSPS) is 15.0. The molecule has 3 aromatic rings. The topological polar surface area (TPSA) is 93.5 Å². The molecule has 0 radical (unpaired) electrons. The van der Waals surface area contributed by atoms with Crippen molar-refractivity contribution in [1.29, 1.82) is 0 Å². The molecule has 1 aliphatic heterocycles. The Kier molecular flexibility index (Phi) is 6.17. The van der Waals surface area contributed by atoms with Crippen LogP contribution in [0.1, 0.15) is 21.5 Å². The van der Waals surface area contributed by atoms with E-state index < -0.39 is 10.0 Å². The Hall–Kier alpha value is -3.01. The van der Waals surface area contributed by atoms with Gasteiger partial charge < -0.3 is 14.6 Å². The third-order valence-corrected chi connectivity index (χ3v) is 7.17. The Bertz CT molecular complexity index is 1170. The van der Waals surface area contributed by atoms with Gasteiger partial charge in [0.2, 0.25) is 10.0 Å². The maximum atomic E-state index is 13.0. The quantitative estimate of drug-likeness (QED) is 0.634. The number of sulfonamides is 1. The summed E-state index contributed by atoms with van der Waals surface area (Å²) in [5.41, 5.74) is 2.89. The highest BCUT2D eigenvalue weighted by molar-refractivity contribution is 7.89. The van der Waals surface area contributed by atoms with E-state index in [2.05, 4.69) is 10.3 Å². The smallest absolute Gasteiger partial charge is 0.251 e. The zero-order chi connectivity index (χ0) is 21.8. The van der Waals surface area contributed by atoms with Crippen LogP contribution in [0.15, 0.2) is 66.1 Å². The van der Waals surface area contributed by atoms with Crippen LogP contribution in [0.25, 0.3) is 5.69 Å². The molecular weight excluding hydrogens is 416 g/mol. The average molecular weight is 441 g/mol. The summed E-state index contributed by atoms with van der Waals surface area (Å²) in [6, 6.07) is 12.4. The Morgan fingerprint density at radius 2 is 1.94 bits per heavy atom. The molecule has 0 spiro atoms. The van der Waals surface area contributed by atoms with Gasteiger partial charge in [0.15, 0.2) is 0 Å². The summed E-state index contributed by atoms with van der Waals surface area (Å²) < 4.78 is 34.4. The molecule has 2 aromatic carbocycles. The molecule has 4 rings (SSSR count). The average Bonchev–Trinajstić information content (AvgIpc) is 3.33. The second-order valence-electron chi connectivity index (χ2n) is 7.27. The second kappa shape index (κ2) is 9.01. The van der Waals surface area contributed by atoms with Gasteiger partial charge in [0.1, 0.15) is 0 Å². The van der Waals surface area contributed by atoms with Gasteiger partial charge in [-0.05, 0) is 36.2 Å². The molecule has 0 saturated carbocycles. The number of nitrogens with one attached hydrogen (secondary N) is 1. The number of nitrogens with zero attached hydrogens (tertiary/aromatic N) is 3. The molecule has 162 valence electrons. The third kappa shape index (κ3) is 4.53. The molecule has 1 aromatic heterocycles. The van der Waals surface area contributed by atoms with Crippen molar-refractivity contribution >= 4 is 15.9 Å². The van der Waals surface area contributed by atoms with Gasteiger partial charge in [0.25, 0.3) is 5.91 Å². The number of benzene rings is 2. The maximum Gasteiger partial charge on any atom is 0.251 e. The number of amides is 1. The predicted octanol–water partition coefficient (Wildman–Crippen LogP) is 2.13. The number of carbonyl (C=O) groups excluding carboxylic acids is 1. The molecule has 1 aliphatic rings. The molecular formula is C22H24N4O4S. The van der Waals surface area contributed by atoms with Gasteiger partial charge in [-0.3, -0.25) is 4.79 Å². The monoisotopic (exact) mass is 440 g/mol. The summed E-state index contributed by atoms with van der Waals surface area (Å²) in [6.07, 6.45) is 5.23. The minimum atomic E-state index is -3.68. The minimum Gasteiger partial charge on any atom is -0.379 e. The van der Waals surface area contributed by atoms with E-state index in [4.69, 9.17) is 4.74 Å². The minimum absolute atomic E-state index is 0.115. The van der Waals surface area contributed by atoms with Crippen LogP contribution in [0.4, 0.5) is 0 Å². The highest BCUT2D eigenvalue weighted by Gasteiger charge is 2.27. The van der Waals surface area contributed by atoms with Gasteiger partial charge in [0.05, 0.1) is 30.1 Å². The standard InChI is InChI=1S/C22H24N4O4S/c1-17-6-7-19(31(28,29)26-10-12-30-13-11-26)14-20(17)22(27)24-15-18-4-2-3-5-21(18)25-9-8-23-16-25/h2-9,14,16H,10-13,15H2,1H3,(H,24,27). The van der Waals surface area contributed by atoms with Crippen LogP contribution in [-0.2, 0) is 21.3 Å². The number of ether oxygens (including phenoxy) is 1. The van der Waals surface area contributed by atoms with E-state index in [0.717, 1.165) is 11.3 Å². The number of para-hydroxylation sites is 1. The van der Waals surface area contributed by atoms with E-state index in [0.29, 0.717) is 44.0 Å². The van der Waals surface area contributed by atoms with E-state index >= 15 is 0 Å². The van der Waals surface area contributed by atoms with Crippen LogP contribution in [-0.4, -0.2) is 54.5 Å². The summed E-state index contributed by atoms with van der Waals surface area (Å²) in [5.74, 6) is -0.322. The van der Waals surface area contributed by atoms with Gasteiger partial charge in [-0.2, -0.15) is 4.31 Å². The number of aromatic nitrogens is 2. The SMILES string of the molecule is Cc1ccc(S(=O)(=O)N2CCOCC2)cc1C(=O)NCc1ccccc1-n1ccnc1. The van der Waals surface area contributed by atoms with Gasteiger partial charge in [-0.15, -0.1) is 0 Å². The van der Waals surface area contributed by atoms with E-state index in [1.807, 2.05) is 35.0 Å². The van der Waals surface area contributed by atoms with Crippen LogP contribution in [0, 0.1) is 6.92 Å². The fourth-order valence-electron chi connectivity index (χ4n) is 3.53. The molecule has 1 fully saturated rings. The van der Waals surface area contributed by atoms with Crippen LogP contribution in [0.2, 0.25) is 0 Å². The summed E-state index contributed by atoms with van der Waals surface area (Å²) in [4.78, 5) is 17.1. The predicted molar refractivity (Wildman–Crippen MR) is 115 cm³/mol. The van der Waals surface area contributed by atoms with E-state index in [1.54, 1.807) is 31.6 Å². The van der Waals surface area contributed by atoms with E-state index in [-0.39, 0.29) is 10.8 Å². The van der Waals surface area contributed by atoms with Crippen LogP contribution < -0.4 is 5.32 Å². The first-order valence-corrected chi connectivity index (χ1v) is 11.4. The molecule has 2 heterocycles. The molecule has 0 bridgehead atoms. The Morgan fingerprint density at radius 3 is 2.68 bits per heavy atom. The third-order valence-electron chi connectivity index (χ3n) is 5.28. The number of imidazole rings is 1. The van der Waals surface area contributed by atoms with Crippen LogP contribution in [0.5, 0.6) is 0 Å². The number of aryl methyl sites for hydroxylation is 1. The van der Waals surface area contributed by atoms with Crippen LogP contribution in [0.3, 0.4) is 0 Å². The maximum absolute atomic E-state index is 13.0.